The fourth-order valence-electron chi connectivity index (χ4n) is 0.419. The minimum Gasteiger partial charge on any atom is -0.481 e. The van der Waals surface area contributed by atoms with Crippen molar-refractivity contribution in [3.8, 4) is 18.2 Å². The zero-order valence-corrected chi connectivity index (χ0v) is 6.77. The molecule has 0 bridgehead atoms. The van der Waals surface area contributed by atoms with E-state index in [2.05, 4.69) is 9.73 Å². The molecule has 0 rings (SSSR count). The fourth-order valence-corrected chi connectivity index (χ4v) is 0.419. The standard InChI is InChI=1S/C7H5N5O/c1-13-7(11)6(4-10)12-5(2-8)3-9/h11H2,1H3/b7-6+. The fraction of sp³-hybridized carbons (Fsp3) is 0.143. The van der Waals surface area contributed by atoms with Gasteiger partial charge in [0.2, 0.25) is 17.3 Å². The van der Waals surface area contributed by atoms with E-state index in [0.29, 0.717) is 0 Å². The zero-order chi connectivity index (χ0) is 10.3. The Balaban J connectivity index is 5.13. The van der Waals surface area contributed by atoms with Crippen molar-refractivity contribution in [2.24, 2.45) is 10.7 Å². The third-order valence-corrected chi connectivity index (χ3v) is 0.995. The maximum atomic E-state index is 8.47. The van der Waals surface area contributed by atoms with E-state index in [9.17, 15) is 0 Å². The second kappa shape index (κ2) is 5.17. The van der Waals surface area contributed by atoms with Crippen LogP contribution in [0.1, 0.15) is 0 Å². The highest BCUT2D eigenvalue weighted by molar-refractivity contribution is 6.10. The summed E-state index contributed by atoms with van der Waals surface area (Å²) in [6, 6.07) is 4.57. The number of allylic oxidation sites excluding steroid dienone is 1. The number of nitrogens with zero attached hydrogens (tertiary/aromatic N) is 4. The van der Waals surface area contributed by atoms with E-state index < -0.39 is 5.71 Å². The minimum atomic E-state index is -0.448. The largest absolute Gasteiger partial charge is 0.481 e. The summed E-state index contributed by atoms with van der Waals surface area (Å²) in [6.45, 7) is 0. The molecule has 13 heavy (non-hydrogen) atoms. The highest BCUT2D eigenvalue weighted by atomic mass is 16.5. The van der Waals surface area contributed by atoms with Gasteiger partial charge < -0.3 is 10.5 Å². The molecule has 0 atom stereocenters. The van der Waals surface area contributed by atoms with Crippen LogP contribution in [0.3, 0.4) is 0 Å². The lowest BCUT2D eigenvalue weighted by atomic mass is 10.4. The van der Waals surface area contributed by atoms with Crippen LogP contribution in [0.4, 0.5) is 0 Å². The summed E-state index contributed by atoms with van der Waals surface area (Å²) >= 11 is 0. The lowest BCUT2D eigenvalue weighted by Gasteiger charge is -1.97. The van der Waals surface area contributed by atoms with Crippen LogP contribution in [-0.2, 0) is 4.74 Å². The van der Waals surface area contributed by atoms with Gasteiger partial charge in [0.25, 0.3) is 0 Å². The summed E-state index contributed by atoms with van der Waals surface area (Å²) < 4.78 is 4.50. The van der Waals surface area contributed by atoms with Crippen LogP contribution in [0.2, 0.25) is 0 Å². The molecule has 2 N–H and O–H groups in total. The molecular weight excluding hydrogens is 170 g/mol. The molecule has 0 aliphatic rings. The monoisotopic (exact) mass is 175 g/mol. The number of aliphatic imine (C=N–C) groups is 1. The van der Waals surface area contributed by atoms with Gasteiger partial charge in [0.05, 0.1) is 7.11 Å². The van der Waals surface area contributed by atoms with Crippen molar-refractivity contribution in [3.05, 3.63) is 11.6 Å². The third-order valence-electron chi connectivity index (χ3n) is 0.995. The molecule has 0 saturated carbocycles. The SMILES string of the molecule is CO/C(N)=C(\C#N)N=C(C#N)C#N. The van der Waals surface area contributed by atoms with Gasteiger partial charge in [0, 0.05) is 0 Å². The first-order chi connectivity index (χ1) is 6.19. The molecule has 0 aliphatic carbocycles. The van der Waals surface area contributed by atoms with Crippen molar-refractivity contribution < 1.29 is 4.74 Å². The Morgan fingerprint density at radius 2 is 1.77 bits per heavy atom. The molecule has 6 nitrogen and oxygen atoms in total. The number of hydrogen-bond acceptors (Lipinski definition) is 6. The van der Waals surface area contributed by atoms with Crippen molar-refractivity contribution in [2.45, 2.75) is 0 Å². The van der Waals surface area contributed by atoms with Crippen LogP contribution in [0.5, 0.6) is 0 Å². The summed E-state index contributed by atoms with van der Waals surface area (Å²) in [5.41, 5.74) is 4.46. The van der Waals surface area contributed by atoms with E-state index in [1.54, 1.807) is 6.07 Å². The second-order valence-electron chi connectivity index (χ2n) is 1.71. The Hall–Kier alpha value is -2.52. The number of rotatable bonds is 2. The molecule has 0 amide bonds. The summed E-state index contributed by atoms with van der Waals surface area (Å²) in [6.07, 6.45) is 0. The van der Waals surface area contributed by atoms with Gasteiger partial charge in [0.15, 0.2) is 0 Å². The molecule has 0 saturated heterocycles. The van der Waals surface area contributed by atoms with Crippen LogP contribution in [0.25, 0.3) is 0 Å². The lowest BCUT2D eigenvalue weighted by Crippen LogP contribution is -2.04. The van der Waals surface area contributed by atoms with E-state index in [0.717, 1.165) is 0 Å². The van der Waals surface area contributed by atoms with E-state index in [4.69, 9.17) is 21.5 Å². The Labute approximate surface area is 74.8 Å². The summed E-state index contributed by atoms with van der Waals surface area (Å²) in [4.78, 5) is 3.37. The average Bonchev–Trinajstić information content (AvgIpc) is 2.19. The molecule has 6 heteroatoms. The number of methoxy groups -OCH3 is 1. The van der Waals surface area contributed by atoms with Gasteiger partial charge in [-0.1, -0.05) is 0 Å². The number of nitriles is 3. The van der Waals surface area contributed by atoms with E-state index in [1.807, 2.05) is 0 Å². The first kappa shape index (κ1) is 10.5. The van der Waals surface area contributed by atoms with Crippen molar-refractivity contribution in [2.75, 3.05) is 7.11 Å². The zero-order valence-electron chi connectivity index (χ0n) is 6.77. The molecule has 0 aliphatic heterocycles. The maximum absolute atomic E-state index is 8.47. The first-order valence-corrected chi connectivity index (χ1v) is 3.02. The van der Waals surface area contributed by atoms with Gasteiger partial charge in [-0.2, -0.15) is 15.8 Å². The van der Waals surface area contributed by atoms with Crippen molar-refractivity contribution >= 4 is 5.71 Å². The van der Waals surface area contributed by atoms with Gasteiger partial charge in [0.1, 0.15) is 18.2 Å². The molecule has 64 valence electrons. The smallest absolute Gasteiger partial charge is 0.221 e. The first-order valence-electron chi connectivity index (χ1n) is 3.02. The molecule has 0 aromatic rings. The van der Waals surface area contributed by atoms with Gasteiger partial charge >= 0.3 is 0 Å². The second-order valence-corrected chi connectivity index (χ2v) is 1.71. The van der Waals surface area contributed by atoms with Crippen LogP contribution in [-0.4, -0.2) is 12.8 Å². The van der Waals surface area contributed by atoms with Crippen molar-refractivity contribution in [1.82, 2.24) is 0 Å². The molecule has 0 spiro atoms. The highest BCUT2D eigenvalue weighted by Gasteiger charge is 2.03. The van der Waals surface area contributed by atoms with Crippen molar-refractivity contribution in [3.63, 3.8) is 0 Å². The van der Waals surface area contributed by atoms with E-state index in [1.165, 1.54) is 19.2 Å². The molecule has 0 unspecified atom stereocenters. The van der Waals surface area contributed by atoms with E-state index in [-0.39, 0.29) is 11.6 Å². The summed E-state index contributed by atoms with van der Waals surface area (Å²) in [7, 11) is 1.25. The minimum absolute atomic E-state index is 0.231. The Morgan fingerprint density at radius 1 is 1.23 bits per heavy atom. The summed E-state index contributed by atoms with van der Waals surface area (Å²) in [5, 5.41) is 25.1. The van der Waals surface area contributed by atoms with Crippen molar-refractivity contribution in [1.29, 1.82) is 15.8 Å². The molecule has 0 fully saturated rings. The highest BCUT2D eigenvalue weighted by Crippen LogP contribution is 2.00. The summed E-state index contributed by atoms with van der Waals surface area (Å²) in [5.74, 6) is -0.231. The van der Waals surface area contributed by atoms with Crippen LogP contribution >= 0.6 is 0 Å². The predicted molar refractivity (Wildman–Crippen MR) is 42.5 cm³/mol. The molecule has 0 aromatic heterocycles. The molecular formula is C7H5N5O. The Bertz CT molecular complexity index is 357. The normalized spacial score (nSPS) is 9.69. The number of hydrogen-bond donors (Lipinski definition) is 1. The lowest BCUT2D eigenvalue weighted by molar-refractivity contribution is 0.284. The van der Waals surface area contributed by atoms with Crippen LogP contribution in [0, 0.1) is 34.0 Å². The predicted octanol–water partition coefficient (Wildman–Crippen LogP) is -0.228. The Morgan fingerprint density at radius 3 is 2.08 bits per heavy atom. The Kier molecular flexibility index (Phi) is 4.17. The maximum Gasteiger partial charge on any atom is 0.221 e. The molecule has 0 aromatic carbocycles. The third kappa shape index (κ3) is 2.92. The van der Waals surface area contributed by atoms with Gasteiger partial charge in [-0.3, -0.25) is 0 Å². The quantitative estimate of drug-likeness (QED) is 0.353. The van der Waals surface area contributed by atoms with Gasteiger partial charge in [-0.15, -0.1) is 0 Å². The molecule has 0 radical (unpaired) electrons. The van der Waals surface area contributed by atoms with Crippen LogP contribution < -0.4 is 5.73 Å². The van der Waals surface area contributed by atoms with E-state index >= 15 is 0 Å². The number of nitrogens with two attached hydrogens (primary N) is 1. The average molecular weight is 175 g/mol. The molecule has 0 heterocycles. The van der Waals surface area contributed by atoms with Crippen LogP contribution in [0.15, 0.2) is 16.6 Å². The van der Waals surface area contributed by atoms with Gasteiger partial charge in [-0.05, 0) is 0 Å². The van der Waals surface area contributed by atoms with Gasteiger partial charge in [-0.25, -0.2) is 4.99 Å². The number of ether oxygens (including phenoxy) is 1. The topological polar surface area (TPSA) is 119 Å².